The van der Waals surface area contributed by atoms with Crippen molar-refractivity contribution < 1.29 is 39.8 Å². The maximum Gasteiger partial charge on any atom is 0.165 e. The van der Waals surface area contributed by atoms with Gasteiger partial charge in [-0.25, -0.2) is 15.0 Å². The Balaban J connectivity index is 1.53. The molecule has 0 aliphatic heterocycles. The van der Waals surface area contributed by atoms with Crippen LogP contribution < -0.4 is 0 Å². The van der Waals surface area contributed by atoms with Crippen molar-refractivity contribution in [2.75, 3.05) is 0 Å². The van der Waals surface area contributed by atoms with E-state index < -0.39 is 264 Å². The second kappa shape index (κ2) is 11.7. The summed E-state index contributed by atoms with van der Waals surface area (Å²) in [5, 5.41) is -3.80. The van der Waals surface area contributed by atoms with Crippen LogP contribution in [0.1, 0.15) is 39.8 Å². The highest BCUT2D eigenvalue weighted by molar-refractivity contribution is 6.19. The third kappa shape index (κ3) is 4.99. The number of fused-ring (bicyclic) bond motifs is 4. The highest BCUT2D eigenvalue weighted by Crippen LogP contribution is 2.39. The van der Waals surface area contributed by atoms with E-state index >= 15 is 0 Å². The lowest BCUT2D eigenvalue weighted by molar-refractivity contribution is 1.08. The zero-order valence-electron chi connectivity index (χ0n) is 52.8. The highest BCUT2D eigenvalue weighted by Gasteiger charge is 2.18. The van der Waals surface area contributed by atoms with Crippen LogP contribution in [0.25, 0.3) is 88.7 Å². The zero-order chi connectivity index (χ0) is 57.1. The molecule has 0 aliphatic carbocycles. The van der Waals surface area contributed by atoms with Gasteiger partial charge in [-0.15, -0.1) is 0 Å². The maximum atomic E-state index is 9.51. The molecule has 3 heteroatoms. The number of aromatic nitrogens is 3. The van der Waals surface area contributed by atoms with Gasteiger partial charge >= 0.3 is 0 Å². The molecule has 224 valence electrons. The smallest absolute Gasteiger partial charge is 0.165 e. The summed E-state index contributed by atoms with van der Waals surface area (Å²) in [6.07, 6.45) is 0. The molecule has 0 atom stereocenters. The molecule has 1 heterocycles. The van der Waals surface area contributed by atoms with Crippen molar-refractivity contribution >= 4 is 32.3 Å². The van der Waals surface area contributed by atoms with Crippen molar-refractivity contribution in [3.8, 4) is 56.4 Å². The van der Waals surface area contributed by atoms with Gasteiger partial charge in [0, 0.05) is 16.7 Å². The topological polar surface area (TPSA) is 38.7 Å². The van der Waals surface area contributed by atoms with Crippen molar-refractivity contribution in [2.45, 2.75) is 0 Å². The summed E-state index contributed by atoms with van der Waals surface area (Å²) < 4.78 is 255. The van der Waals surface area contributed by atoms with E-state index in [1.165, 1.54) is 0 Å². The second-order valence-corrected chi connectivity index (χ2v) is 9.81. The predicted molar refractivity (Wildman–Crippen MR) is 200 cm³/mol. The summed E-state index contributed by atoms with van der Waals surface area (Å²) in [5.74, 6) is -2.88. The van der Waals surface area contributed by atoms with Crippen LogP contribution in [0.3, 0.4) is 0 Å². The van der Waals surface area contributed by atoms with Gasteiger partial charge in [0.05, 0.1) is 39.8 Å². The van der Waals surface area contributed by atoms with Gasteiger partial charge in [0.15, 0.2) is 17.5 Å². The molecule has 0 aliphatic rings. The minimum atomic E-state index is -1.08. The van der Waals surface area contributed by atoms with Gasteiger partial charge in [0.1, 0.15) is 0 Å². The van der Waals surface area contributed by atoms with Crippen LogP contribution in [0, 0.1) is 0 Å². The molecule has 9 aromatic rings. The minimum absolute atomic E-state index is 0.576. The minimum Gasteiger partial charge on any atom is -0.208 e. The molecule has 0 bridgehead atoms. The lowest BCUT2D eigenvalue weighted by Crippen LogP contribution is -2.01. The first-order valence-electron chi connectivity index (χ1n) is 28.3. The number of hydrogen-bond acceptors (Lipinski definition) is 3. The molecule has 0 radical (unpaired) electrons. The predicted octanol–water partition coefficient (Wildman–Crippen LogP) is 11.7. The Morgan fingerprint density at radius 2 is 0.729 bits per heavy atom. The van der Waals surface area contributed by atoms with E-state index in [2.05, 4.69) is 15.0 Å². The number of rotatable bonds is 5. The van der Waals surface area contributed by atoms with Gasteiger partial charge in [-0.1, -0.05) is 169 Å². The first-order chi connectivity index (χ1) is 35.9. The Labute approximate surface area is 319 Å². The molecule has 48 heavy (non-hydrogen) atoms. The fourth-order valence-electron chi connectivity index (χ4n) is 4.85. The summed E-state index contributed by atoms with van der Waals surface area (Å²) in [7, 11) is 0. The molecule has 0 saturated carbocycles. The molecule has 0 amide bonds. The average molecular weight is 641 g/mol. The normalized spacial score (nSPS) is 19.8. The first-order valence-corrected chi connectivity index (χ1v) is 13.8. The van der Waals surface area contributed by atoms with Crippen molar-refractivity contribution in [3.63, 3.8) is 0 Å². The highest BCUT2D eigenvalue weighted by atomic mass is 15.0. The van der Waals surface area contributed by atoms with Crippen LogP contribution in [0.2, 0.25) is 0 Å². The van der Waals surface area contributed by atoms with E-state index in [1.807, 2.05) is 0 Å². The van der Waals surface area contributed by atoms with Crippen molar-refractivity contribution in [2.24, 2.45) is 0 Å². The van der Waals surface area contributed by atoms with Crippen LogP contribution in [-0.4, -0.2) is 15.0 Å². The SMILES string of the molecule is [2H]c1c([2H])c([2H])c(-c2c([2H])c([2H])c(-c3nc(-c4c([2H])c([2H])c(-c5c([2H])c([2H])c([2H])c([2H])c5[2H])c([2H])c4[2H])nc(-c4c5c([2H])c([2H])c([2H])c([2H])c5c([2H])c5c4c([2H])c([2H])c4c([2H])c([2H])c([2H])c([2H])c45)n3)c([2H])c2[2H])c([2H])c1[2H]. The molecule has 1 aromatic heterocycles. The molecule has 0 fully saturated rings. The molecule has 0 unspecified atom stereocenters. The number of nitrogens with zero attached hydrogens (tertiary/aromatic N) is 3. The number of benzene rings is 8. The molecule has 3 nitrogen and oxygen atoms in total. The summed E-state index contributed by atoms with van der Waals surface area (Å²) >= 11 is 0. The fourth-order valence-corrected chi connectivity index (χ4v) is 4.85. The molecule has 9 rings (SSSR count). The van der Waals surface area contributed by atoms with Crippen molar-refractivity contribution in [3.05, 3.63) is 175 Å². The van der Waals surface area contributed by atoms with Crippen LogP contribution in [0.15, 0.2) is 175 Å². The number of hydrogen-bond donors (Lipinski definition) is 0. The Kier molecular flexibility index (Phi) is 2.70. The van der Waals surface area contributed by atoms with E-state index in [0.717, 1.165) is 0 Å². The quantitative estimate of drug-likeness (QED) is 0.139. The lowest BCUT2D eigenvalue weighted by Gasteiger charge is -2.15. The largest absolute Gasteiger partial charge is 0.208 e. The third-order valence-electron chi connectivity index (χ3n) is 6.99. The van der Waals surface area contributed by atoms with Gasteiger partial charge in [0.2, 0.25) is 0 Å². The van der Waals surface area contributed by atoms with E-state index in [-0.39, 0.29) is 0 Å². The second-order valence-electron chi connectivity index (χ2n) is 9.81. The average Bonchev–Trinajstić information content (AvgIpc) is 3.48. The van der Waals surface area contributed by atoms with E-state index in [4.69, 9.17) is 30.2 Å². The molecule has 0 spiro atoms. The van der Waals surface area contributed by atoms with Gasteiger partial charge in [-0.2, -0.15) is 0 Å². The summed E-state index contributed by atoms with van der Waals surface area (Å²) in [4.78, 5) is 13.2. The maximum absolute atomic E-state index is 9.51. The molecule has 0 N–H and O–H groups in total. The summed E-state index contributed by atoms with van der Waals surface area (Å²) in [6, 6.07) is -27.3. The van der Waals surface area contributed by atoms with Crippen LogP contribution in [-0.2, 0) is 0 Å². The molecular formula is C45H29N3. The Morgan fingerprint density at radius 1 is 0.292 bits per heavy atom. The van der Waals surface area contributed by atoms with E-state index in [9.17, 15) is 9.60 Å². The Hall–Kier alpha value is -6.45. The standard InChI is InChI=1S/C45H29N3/c1-3-11-30(12-4-1)32-19-23-35(24-20-32)43-46-44(36-25-21-33(22-26-36)31-13-5-2-6-14-31)48-45(47-43)42-39-18-10-8-16-37(39)29-41-38-17-9-7-15-34(38)27-28-40(41)42/h1-29H/i1D,2D,3D,4D,5D,6D,7D,8D,9D,10D,11D,12D,13D,14D,15D,16D,17D,18D,19D,20D,21D,22D,23D,24D,25D,26D,27D,28D,29D. The Morgan fingerprint density at radius 3 is 1.31 bits per heavy atom. The van der Waals surface area contributed by atoms with Crippen LogP contribution >= 0.6 is 0 Å². The van der Waals surface area contributed by atoms with Crippen LogP contribution in [0.5, 0.6) is 0 Å². The zero-order valence-corrected chi connectivity index (χ0v) is 23.8. The van der Waals surface area contributed by atoms with Crippen LogP contribution in [0.4, 0.5) is 0 Å². The van der Waals surface area contributed by atoms with Gasteiger partial charge in [0.25, 0.3) is 0 Å². The van der Waals surface area contributed by atoms with E-state index in [1.54, 1.807) is 0 Å². The first kappa shape index (κ1) is 11.1. The van der Waals surface area contributed by atoms with Crippen molar-refractivity contribution in [1.29, 1.82) is 0 Å². The monoisotopic (exact) mass is 640 g/mol. The van der Waals surface area contributed by atoms with Gasteiger partial charge < -0.3 is 0 Å². The molecule has 8 aromatic carbocycles. The van der Waals surface area contributed by atoms with Gasteiger partial charge in [-0.3, -0.25) is 0 Å². The Bertz CT molecular complexity index is 4000. The van der Waals surface area contributed by atoms with Gasteiger partial charge in [-0.05, 0) is 60.6 Å². The molecular weight excluding hydrogens is 583 g/mol. The summed E-state index contributed by atoms with van der Waals surface area (Å²) in [6.45, 7) is 0. The van der Waals surface area contributed by atoms with E-state index in [0.29, 0.717) is 0 Å². The summed E-state index contributed by atoms with van der Waals surface area (Å²) in [5.41, 5.74) is -5.61. The molecule has 0 saturated heterocycles. The lowest BCUT2D eigenvalue weighted by atomic mass is 9.93. The fraction of sp³-hybridized carbons (Fsp3) is 0. The third-order valence-corrected chi connectivity index (χ3v) is 6.99. The van der Waals surface area contributed by atoms with Crippen molar-refractivity contribution in [1.82, 2.24) is 15.0 Å².